The molecule has 0 nitrogen and oxygen atoms in total. The van der Waals surface area contributed by atoms with E-state index in [2.05, 4.69) is 31.7 Å². The predicted octanol–water partition coefficient (Wildman–Crippen LogP) is 4.03. The molecule has 0 atom stereocenters. The van der Waals surface area contributed by atoms with E-state index in [1.165, 1.54) is 5.57 Å². The largest absolute Gasteiger partial charge is 0.0961 e. The van der Waals surface area contributed by atoms with Crippen LogP contribution in [-0.4, -0.2) is 0 Å². The number of hydrogen-bond acceptors (Lipinski definition) is 0. The maximum atomic E-state index is 3.79. The zero-order valence-corrected chi connectivity index (χ0v) is 8.30. The Labute approximate surface area is 76.0 Å². The molecule has 0 aliphatic heterocycles. The Balaban J connectivity index is 4.20. The highest BCUT2D eigenvalue weighted by atomic mass is 13.9. The van der Waals surface area contributed by atoms with Crippen LogP contribution in [0.1, 0.15) is 27.2 Å². The molecule has 12 heavy (non-hydrogen) atoms. The van der Waals surface area contributed by atoms with Crippen LogP contribution < -0.4 is 0 Å². The molecule has 0 saturated heterocycles. The van der Waals surface area contributed by atoms with Crippen LogP contribution in [0.2, 0.25) is 0 Å². The van der Waals surface area contributed by atoms with Gasteiger partial charge in [0.2, 0.25) is 0 Å². The van der Waals surface area contributed by atoms with Crippen molar-refractivity contribution in [2.75, 3.05) is 0 Å². The van der Waals surface area contributed by atoms with E-state index in [0.717, 1.165) is 12.0 Å². The van der Waals surface area contributed by atoms with Gasteiger partial charge >= 0.3 is 0 Å². The molecule has 0 N–H and O–H groups in total. The van der Waals surface area contributed by atoms with Gasteiger partial charge < -0.3 is 0 Å². The van der Waals surface area contributed by atoms with Gasteiger partial charge in [0.25, 0.3) is 0 Å². The van der Waals surface area contributed by atoms with Crippen molar-refractivity contribution in [1.82, 2.24) is 0 Å². The average Bonchev–Trinajstić information content (AvgIpc) is 2.02. The highest BCUT2D eigenvalue weighted by Gasteiger charge is 1.82. The van der Waals surface area contributed by atoms with E-state index < -0.39 is 0 Å². The molecule has 0 saturated carbocycles. The Hall–Kier alpha value is -1.04. The molecule has 0 aromatic heterocycles. The Morgan fingerprint density at radius 3 is 2.42 bits per heavy atom. The van der Waals surface area contributed by atoms with E-state index in [1.54, 1.807) is 0 Å². The van der Waals surface area contributed by atoms with E-state index in [4.69, 9.17) is 0 Å². The third kappa shape index (κ3) is 5.72. The van der Waals surface area contributed by atoms with Crippen molar-refractivity contribution in [3.63, 3.8) is 0 Å². The van der Waals surface area contributed by atoms with Crippen molar-refractivity contribution in [1.29, 1.82) is 0 Å². The smallest absolute Gasteiger partial charge is 0.0308 e. The van der Waals surface area contributed by atoms with Crippen LogP contribution in [0.5, 0.6) is 0 Å². The first kappa shape index (κ1) is 11.0. The molecule has 0 fully saturated rings. The number of rotatable bonds is 4. The lowest BCUT2D eigenvalue weighted by atomic mass is 10.1. The maximum Gasteiger partial charge on any atom is -0.0308 e. The summed E-state index contributed by atoms with van der Waals surface area (Å²) in [6.07, 6.45) is 11.4. The Bertz CT molecular complexity index is 214. The summed E-state index contributed by atoms with van der Waals surface area (Å²) in [5, 5.41) is 0. The molecule has 0 amide bonds. The fourth-order valence-electron chi connectivity index (χ4n) is 0.841. The maximum absolute atomic E-state index is 3.79. The topological polar surface area (TPSA) is 0 Å². The summed E-state index contributed by atoms with van der Waals surface area (Å²) in [6, 6.07) is 0. The highest BCUT2D eigenvalue weighted by Crippen LogP contribution is 2.03. The monoisotopic (exact) mass is 162 g/mol. The van der Waals surface area contributed by atoms with Crippen molar-refractivity contribution in [2.45, 2.75) is 27.2 Å². The van der Waals surface area contributed by atoms with Gasteiger partial charge in [-0.1, -0.05) is 49.5 Å². The van der Waals surface area contributed by atoms with Gasteiger partial charge in [-0.05, 0) is 25.8 Å². The molecule has 0 heteroatoms. The Kier molecular flexibility index (Phi) is 6.08. The van der Waals surface area contributed by atoms with E-state index >= 15 is 0 Å². The minimum atomic E-state index is 1.07. The van der Waals surface area contributed by atoms with Gasteiger partial charge in [0.05, 0.1) is 0 Å². The summed E-state index contributed by atoms with van der Waals surface area (Å²) in [5.41, 5.74) is 2.43. The molecule has 0 unspecified atom stereocenters. The molecule has 0 bridgehead atoms. The first-order valence-electron chi connectivity index (χ1n) is 4.36. The standard InChI is InChI=1S/C12H18/c1-5-8-12(6-2)10-7-9-11(3)4/h5,7-10H,3,6H2,1-2,4H3/b8-5-,9-7+,12-10-. The van der Waals surface area contributed by atoms with Crippen LogP contribution in [0.15, 0.2) is 48.1 Å². The normalized spacial score (nSPS) is 13.1. The SMILES string of the molecule is C=C(C)/C=C/C=C(\C=C/C)CC. The van der Waals surface area contributed by atoms with Gasteiger partial charge in [-0.3, -0.25) is 0 Å². The summed E-state index contributed by atoms with van der Waals surface area (Å²) in [6.45, 7) is 9.97. The van der Waals surface area contributed by atoms with E-state index in [0.29, 0.717) is 0 Å². The molecule has 0 radical (unpaired) electrons. The summed E-state index contributed by atoms with van der Waals surface area (Å²) in [7, 11) is 0. The lowest BCUT2D eigenvalue weighted by Crippen LogP contribution is -1.71. The lowest BCUT2D eigenvalue weighted by molar-refractivity contribution is 1.15. The summed E-state index contributed by atoms with van der Waals surface area (Å²) < 4.78 is 0. The van der Waals surface area contributed by atoms with Crippen molar-refractivity contribution in [2.24, 2.45) is 0 Å². The molecular weight excluding hydrogens is 144 g/mol. The van der Waals surface area contributed by atoms with Gasteiger partial charge in [0, 0.05) is 0 Å². The molecule has 0 aliphatic rings. The van der Waals surface area contributed by atoms with Crippen molar-refractivity contribution < 1.29 is 0 Å². The molecular formula is C12H18. The minimum Gasteiger partial charge on any atom is -0.0961 e. The second kappa shape index (κ2) is 6.66. The molecule has 0 heterocycles. The van der Waals surface area contributed by atoms with E-state index in [9.17, 15) is 0 Å². The highest BCUT2D eigenvalue weighted by molar-refractivity contribution is 5.26. The van der Waals surface area contributed by atoms with E-state index in [-0.39, 0.29) is 0 Å². The summed E-state index contributed by atoms with van der Waals surface area (Å²) >= 11 is 0. The van der Waals surface area contributed by atoms with E-state index in [1.807, 2.05) is 26.0 Å². The predicted molar refractivity (Wildman–Crippen MR) is 57.1 cm³/mol. The second-order valence-electron chi connectivity index (χ2n) is 2.80. The molecule has 0 aromatic carbocycles. The van der Waals surface area contributed by atoms with Crippen LogP contribution in [0, 0.1) is 0 Å². The third-order valence-electron chi connectivity index (χ3n) is 1.48. The quantitative estimate of drug-likeness (QED) is 0.547. The van der Waals surface area contributed by atoms with Crippen LogP contribution in [0.25, 0.3) is 0 Å². The fraction of sp³-hybridized carbons (Fsp3) is 0.333. The van der Waals surface area contributed by atoms with Crippen molar-refractivity contribution in [3.8, 4) is 0 Å². The first-order valence-corrected chi connectivity index (χ1v) is 4.36. The van der Waals surface area contributed by atoms with Gasteiger partial charge in [0.15, 0.2) is 0 Å². The van der Waals surface area contributed by atoms with Gasteiger partial charge in [-0.2, -0.15) is 0 Å². The molecule has 0 aromatic rings. The second-order valence-corrected chi connectivity index (χ2v) is 2.80. The van der Waals surface area contributed by atoms with Gasteiger partial charge in [0.1, 0.15) is 0 Å². The fourth-order valence-corrected chi connectivity index (χ4v) is 0.841. The zero-order chi connectivity index (χ0) is 9.40. The summed E-state index contributed by atoms with van der Waals surface area (Å²) in [5.74, 6) is 0. The van der Waals surface area contributed by atoms with Gasteiger partial charge in [-0.25, -0.2) is 0 Å². The van der Waals surface area contributed by atoms with Crippen molar-refractivity contribution >= 4 is 0 Å². The van der Waals surface area contributed by atoms with Crippen LogP contribution in [0.4, 0.5) is 0 Å². The van der Waals surface area contributed by atoms with Crippen LogP contribution >= 0.6 is 0 Å². The first-order chi connectivity index (χ1) is 5.70. The summed E-state index contributed by atoms with van der Waals surface area (Å²) in [4.78, 5) is 0. The Morgan fingerprint density at radius 2 is 2.00 bits per heavy atom. The van der Waals surface area contributed by atoms with Gasteiger partial charge in [-0.15, -0.1) is 0 Å². The molecule has 0 rings (SSSR count). The Morgan fingerprint density at radius 1 is 1.33 bits per heavy atom. The number of allylic oxidation sites excluding steroid dienone is 7. The molecule has 66 valence electrons. The van der Waals surface area contributed by atoms with Crippen molar-refractivity contribution in [3.05, 3.63) is 48.1 Å². The minimum absolute atomic E-state index is 1.07. The average molecular weight is 162 g/mol. The number of hydrogen-bond donors (Lipinski definition) is 0. The lowest BCUT2D eigenvalue weighted by Gasteiger charge is -1.92. The van der Waals surface area contributed by atoms with Crippen LogP contribution in [-0.2, 0) is 0 Å². The third-order valence-corrected chi connectivity index (χ3v) is 1.48. The molecule has 0 spiro atoms. The van der Waals surface area contributed by atoms with Crippen LogP contribution in [0.3, 0.4) is 0 Å². The molecule has 0 aliphatic carbocycles. The zero-order valence-electron chi connectivity index (χ0n) is 8.30.